The van der Waals surface area contributed by atoms with Crippen molar-refractivity contribution in [3.63, 3.8) is 0 Å². The van der Waals surface area contributed by atoms with Gasteiger partial charge in [-0.25, -0.2) is 0 Å². The summed E-state index contributed by atoms with van der Waals surface area (Å²) in [6, 6.07) is 59.6. The summed E-state index contributed by atoms with van der Waals surface area (Å²) in [4.78, 5) is 0. The molecule has 0 unspecified atom stereocenters. The SMILES string of the molecule is O[C@H]1O[C@H](CO[C@H]2O[C@H](COCc3ccccc3)[C@@H](OCc3ccccc3)[C@@H]2OCc2ccccc2)[C@@H](OCc2ccccc2)[C@H](OCc2ccccc2)[C@H]1OCc1ccccc1. The molecule has 328 valence electrons. The highest BCUT2D eigenvalue weighted by Gasteiger charge is 2.51. The van der Waals surface area contributed by atoms with Crippen LogP contribution in [0.25, 0.3) is 0 Å². The third kappa shape index (κ3) is 13.0. The Morgan fingerprint density at radius 3 is 1.05 bits per heavy atom. The van der Waals surface area contributed by atoms with Crippen LogP contribution in [0.2, 0.25) is 0 Å². The van der Waals surface area contributed by atoms with Gasteiger partial charge in [0.2, 0.25) is 0 Å². The molecule has 0 aromatic heterocycles. The summed E-state index contributed by atoms with van der Waals surface area (Å²) >= 11 is 0. The van der Waals surface area contributed by atoms with Crippen LogP contribution in [-0.2, 0) is 82.3 Å². The summed E-state index contributed by atoms with van der Waals surface area (Å²) < 4.78 is 59.4. The molecule has 0 bridgehead atoms. The van der Waals surface area contributed by atoms with E-state index in [4.69, 9.17) is 42.6 Å². The predicted octanol–water partition coefficient (Wildman–Crippen LogP) is 8.59. The molecule has 63 heavy (non-hydrogen) atoms. The monoisotopic (exact) mass is 852 g/mol. The molecule has 8 rings (SSSR count). The Bertz CT molecular complexity index is 2150. The lowest BCUT2D eigenvalue weighted by atomic mass is 9.98. The molecule has 2 aliphatic heterocycles. The molecule has 2 aliphatic rings. The zero-order valence-electron chi connectivity index (χ0n) is 35.3. The third-order valence-electron chi connectivity index (χ3n) is 11.1. The van der Waals surface area contributed by atoms with Crippen molar-refractivity contribution < 1.29 is 47.7 Å². The van der Waals surface area contributed by atoms with Gasteiger partial charge in [-0.15, -0.1) is 0 Å². The maximum atomic E-state index is 11.8. The average molecular weight is 853 g/mol. The minimum atomic E-state index is -1.37. The van der Waals surface area contributed by atoms with Crippen molar-refractivity contribution in [2.24, 2.45) is 0 Å². The second-order valence-electron chi connectivity index (χ2n) is 15.7. The van der Waals surface area contributed by atoms with Crippen LogP contribution < -0.4 is 0 Å². The van der Waals surface area contributed by atoms with Crippen molar-refractivity contribution >= 4 is 0 Å². The van der Waals surface area contributed by atoms with E-state index in [2.05, 4.69) is 0 Å². The van der Waals surface area contributed by atoms with Gasteiger partial charge in [0.15, 0.2) is 12.6 Å². The molecular weight excluding hydrogens is 797 g/mol. The van der Waals surface area contributed by atoms with E-state index >= 15 is 0 Å². The highest BCUT2D eigenvalue weighted by atomic mass is 16.7. The molecule has 6 aromatic rings. The molecule has 0 saturated carbocycles. The zero-order chi connectivity index (χ0) is 42.9. The largest absolute Gasteiger partial charge is 0.374 e. The maximum Gasteiger partial charge on any atom is 0.187 e. The molecule has 2 saturated heterocycles. The van der Waals surface area contributed by atoms with Gasteiger partial charge in [-0.1, -0.05) is 182 Å². The molecule has 0 radical (unpaired) electrons. The smallest absolute Gasteiger partial charge is 0.187 e. The molecule has 10 nitrogen and oxygen atoms in total. The van der Waals surface area contributed by atoms with Gasteiger partial charge < -0.3 is 47.7 Å². The molecule has 0 amide bonds. The molecular formula is C53H56O10. The summed E-state index contributed by atoms with van der Waals surface area (Å²) in [5.74, 6) is 0. The lowest BCUT2D eigenvalue weighted by Gasteiger charge is -2.44. The number of hydrogen-bond acceptors (Lipinski definition) is 10. The summed E-state index contributed by atoms with van der Waals surface area (Å²) in [6.07, 6.45) is -7.22. The van der Waals surface area contributed by atoms with Crippen molar-refractivity contribution in [2.45, 2.75) is 94.9 Å². The second-order valence-corrected chi connectivity index (χ2v) is 15.7. The maximum absolute atomic E-state index is 11.8. The van der Waals surface area contributed by atoms with Crippen LogP contribution in [0.15, 0.2) is 182 Å². The van der Waals surface area contributed by atoms with E-state index in [1.807, 2.05) is 182 Å². The van der Waals surface area contributed by atoms with Gasteiger partial charge >= 0.3 is 0 Å². The molecule has 1 N–H and O–H groups in total. The van der Waals surface area contributed by atoms with Gasteiger partial charge in [0.25, 0.3) is 0 Å². The van der Waals surface area contributed by atoms with Crippen LogP contribution in [0.3, 0.4) is 0 Å². The van der Waals surface area contributed by atoms with Gasteiger partial charge in [0.05, 0.1) is 52.9 Å². The number of rotatable bonds is 22. The highest BCUT2D eigenvalue weighted by molar-refractivity contribution is 5.18. The lowest BCUT2D eigenvalue weighted by Crippen LogP contribution is -2.61. The number of hydrogen-bond donors (Lipinski definition) is 1. The van der Waals surface area contributed by atoms with E-state index in [1.54, 1.807) is 0 Å². The van der Waals surface area contributed by atoms with Crippen molar-refractivity contribution in [2.75, 3.05) is 13.2 Å². The first-order valence-corrected chi connectivity index (χ1v) is 21.7. The minimum absolute atomic E-state index is 0.0357. The fourth-order valence-corrected chi connectivity index (χ4v) is 7.83. The summed E-state index contributed by atoms with van der Waals surface area (Å²) in [5.41, 5.74) is 5.94. The predicted molar refractivity (Wildman–Crippen MR) is 237 cm³/mol. The van der Waals surface area contributed by atoms with Crippen molar-refractivity contribution in [1.29, 1.82) is 0 Å². The number of aliphatic hydroxyl groups is 1. The highest BCUT2D eigenvalue weighted by Crippen LogP contribution is 2.33. The van der Waals surface area contributed by atoms with Crippen molar-refractivity contribution in [3.8, 4) is 0 Å². The van der Waals surface area contributed by atoms with Crippen molar-refractivity contribution in [3.05, 3.63) is 215 Å². The van der Waals surface area contributed by atoms with Crippen LogP contribution >= 0.6 is 0 Å². The number of aliphatic hydroxyl groups excluding tert-OH is 1. The van der Waals surface area contributed by atoms with E-state index in [-0.39, 0.29) is 33.0 Å². The van der Waals surface area contributed by atoms with E-state index in [1.165, 1.54) is 0 Å². The van der Waals surface area contributed by atoms with Crippen LogP contribution in [-0.4, -0.2) is 73.6 Å². The molecule has 6 aromatic carbocycles. The molecule has 9 atom stereocenters. The molecule has 2 heterocycles. The van der Waals surface area contributed by atoms with Crippen molar-refractivity contribution in [1.82, 2.24) is 0 Å². The van der Waals surface area contributed by atoms with E-state index in [0.717, 1.165) is 33.4 Å². The first-order chi connectivity index (χ1) is 31.2. The van der Waals surface area contributed by atoms with Crippen LogP contribution in [0.4, 0.5) is 0 Å². The van der Waals surface area contributed by atoms with Gasteiger partial charge in [-0.05, 0) is 33.4 Å². The fraction of sp³-hybridized carbons (Fsp3) is 0.321. The van der Waals surface area contributed by atoms with E-state index < -0.39 is 55.3 Å². The second kappa shape index (κ2) is 23.6. The summed E-state index contributed by atoms with van der Waals surface area (Å²) in [7, 11) is 0. The van der Waals surface area contributed by atoms with Gasteiger partial charge in [-0.3, -0.25) is 0 Å². The van der Waals surface area contributed by atoms with Crippen LogP contribution in [0, 0.1) is 0 Å². The van der Waals surface area contributed by atoms with Crippen LogP contribution in [0.1, 0.15) is 33.4 Å². The van der Waals surface area contributed by atoms with Gasteiger partial charge in [-0.2, -0.15) is 0 Å². The Hall–Kier alpha value is -5.08. The van der Waals surface area contributed by atoms with Gasteiger partial charge in [0.1, 0.15) is 42.7 Å². The topological polar surface area (TPSA) is 103 Å². The quantitative estimate of drug-likeness (QED) is 0.0715. The van der Waals surface area contributed by atoms with E-state index in [9.17, 15) is 5.11 Å². The average Bonchev–Trinajstić information content (AvgIpc) is 3.67. The summed E-state index contributed by atoms with van der Waals surface area (Å²) in [6.45, 7) is 1.99. The first kappa shape index (κ1) is 44.5. The third-order valence-corrected chi connectivity index (χ3v) is 11.1. The standard InChI is InChI=1S/C53H56O10/c54-52-50(59-35-43-27-15-5-16-28-43)49(58-34-42-25-13-4-14-26-42)47(56-32-40-21-9-2-10-22-40)46(62-52)38-61-53-51(60-36-44-29-17-6-18-30-44)48(57-33-41-23-11-3-12-24-41)45(63-53)37-55-31-39-19-7-1-8-20-39/h1-30,45-54H,31-38H2/t45-,46-,47-,48-,49+,50-,51+,52+,53+/m1/s1. The minimum Gasteiger partial charge on any atom is -0.374 e. The first-order valence-electron chi connectivity index (χ1n) is 21.7. The number of ether oxygens (including phenoxy) is 9. The van der Waals surface area contributed by atoms with Gasteiger partial charge in [0, 0.05) is 0 Å². The molecule has 0 aliphatic carbocycles. The zero-order valence-corrected chi connectivity index (χ0v) is 35.3. The fourth-order valence-electron chi connectivity index (χ4n) is 7.83. The summed E-state index contributed by atoms with van der Waals surface area (Å²) in [5, 5.41) is 11.8. The molecule has 2 fully saturated rings. The van der Waals surface area contributed by atoms with E-state index in [0.29, 0.717) is 19.8 Å². The lowest BCUT2D eigenvalue weighted by molar-refractivity contribution is -0.323. The normalized spacial score (nSPS) is 24.6. The van der Waals surface area contributed by atoms with Crippen LogP contribution in [0.5, 0.6) is 0 Å². The molecule has 0 spiro atoms. The Balaban J connectivity index is 1.05. The Morgan fingerprint density at radius 1 is 0.317 bits per heavy atom. The number of benzene rings is 6. The Kier molecular flexibility index (Phi) is 16.7. The Labute approximate surface area is 370 Å². The molecule has 10 heteroatoms. The Morgan fingerprint density at radius 2 is 0.635 bits per heavy atom.